The molecule has 39 heavy (non-hydrogen) atoms. The summed E-state index contributed by atoms with van der Waals surface area (Å²) in [6.45, 7) is 2.22. The number of aliphatic hydroxyl groups is 2. The van der Waals surface area contributed by atoms with Crippen molar-refractivity contribution in [2.45, 2.75) is 50.4 Å². The second-order valence-electron chi connectivity index (χ2n) is 9.86. The van der Waals surface area contributed by atoms with Gasteiger partial charge in [-0.05, 0) is 66.8 Å². The van der Waals surface area contributed by atoms with Gasteiger partial charge in [0, 0.05) is 31.6 Å². The first-order chi connectivity index (χ1) is 18.8. The number of ketones is 1. The summed E-state index contributed by atoms with van der Waals surface area (Å²) in [6, 6.07) is 16.7. The van der Waals surface area contributed by atoms with Crippen LogP contribution in [0.1, 0.15) is 49.4 Å². The lowest BCUT2D eigenvalue weighted by molar-refractivity contribution is -0.153. The molecule has 9 nitrogen and oxygen atoms in total. The average Bonchev–Trinajstić information content (AvgIpc) is 3.73. The fraction of sp³-hybridized carbons (Fsp3) is 0.310. The monoisotopic (exact) mass is 531 g/mol. The Morgan fingerprint density at radius 3 is 2.51 bits per heavy atom. The Morgan fingerprint density at radius 2 is 1.79 bits per heavy atom. The Hall–Kier alpha value is -4.15. The van der Waals surface area contributed by atoms with E-state index in [-0.39, 0.29) is 18.2 Å². The second-order valence-corrected chi connectivity index (χ2v) is 9.86. The number of carbonyl (C=O) groups excluding carboxylic acids is 2. The zero-order valence-electron chi connectivity index (χ0n) is 21.5. The summed E-state index contributed by atoms with van der Waals surface area (Å²) in [6.07, 6.45) is 2.76. The van der Waals surface area contributed by atoms with Gasteiger partial charge in [0.15, 0.2) is 11.9 Å². The maximum absolute atomic E-state index is 13.6. The van der Waals surface area contributed by atoms with E-state index < -0.39 is 29.9 Å². The smallest absolute Gasteiger partial charge is 0.255 e. The van der Waals surface area contributed by atoms with E-state index in [1.165, 1.54) is 21.7 Å². The van der Waals surface area contributed by atoms with Crippen molar-refractivity contribution < 1.29 is 24.2 Å². The van der Waals surface area contributed by atoms with Crippen LogP contribution in [0.4, 0.5) is 4.39 Å². The van der Waals surface area contributed by atoms with E-state index in [0.717, 1.165) is 11.3 Å². The van der Waals surface area contributed by atoms with Gasteiger partial charge >= 0.3 is 0 Å². The van der Waals surface area contributed by atoms with Crippen molar-refractivity contribution in [2.75, 3.05) is 6.54 Å². The quantitative estimate of drug-likeness (QED) is 0.343. The fourth-order valence-corrected chi connectivity index (χ4v) is 5.01. The van der Waals surface area contributed by atoms with Crippen LogP contribution >= 0.6 is 0 Å². The highest BCUT2D eigenvalue weighted by Crippen LogP contribution is 2.32. The molecular weight excluding hydrogens is 501 g/mol. The van der Waals surface area contributed by atoms with Gasteiger partial charge in [-0.2, -0.15) is 10.2 Å². The van der Waals surface area contributed by atoms with Crippen molar-refractivity contribution in [1.29, 1.82) is 0 Å². The number of aromatic nitrogens is 4. The Morgan fingerprint density at radius 1 is 1.00 bits per heavy atom. The standard InChI is InChI=1S/C29H30FN5O4/c1-19(20-8-10-22(11-9-20)34-15-4-13-31-34)17-26(36)27(37)28(38)29(39)33-14-3-7-25(33)24-12-16-35(32-24)23-6-2-5-21(30)18-23/h2,4-6,8-13,15-16,18-19,25,27-28,37-38H,3,7,14,17H2,1H3/t19-,25+,27-,28+/m0/s1. The molecule has 2 aromatic carbocycles. The molecule has 1 amide bonds. The maximum Gasteiger partial charge on any atom is 0.255 e. The van der Waals surface area contributed by atoms with Crippen LogP contribution in [0.25, 0.3) is 11.4 Å². The van der Waals surface area contributed by atoms with Gasteiger partial charge in [0.2, 0.25) is 0 Å². The van der Waals surface area contributed by atoms with Crippen LogP contribution in [0.5, 0.6) is 0 Å². The van der Waals surface area contributed by atoms with Gasteiger partial charge in [0.1, 0.15) is 11.9 Å². The van der Waals surface area contributed by atoms with Gasteiger partial charge in [0.05, 0.1) is 23.1 Å². The Labute approximate surface area is 225 Å². The summed E-state index contributed by atoms with van der Waals surface area (Å²) < 4.78 is 16.9. The van der Waals surface area contributed by atoms with Gasteiger partial charge in [-0.15, -0.1) is 0 Å². The van der Waals surface area contributed by atoms with Gasteiger partial charge in [-0.3, -0.25) is 9.59 Å². The zero-order valence-corrected chi connectivity index (χ0v) is 21.5. The third-order valence-corrected chi connectivity index (χ3v) is 7.18. The van der Waals surface area contributed by atoms with Crippen molar-refractivity contribution in [3.63, 3.8) is 0 Å². The van der Waals surface area contributed by atoms with E-state index in [1.807, 2.05) is 43.5 Å². The molecule has 0 spiro atoms. The molecule has 2 N–H and O–H groups in total. The molecular formula is C29H30FN5O4. The van der Waals surface area contributed by atoms with Gasteiger partial charge in [0.25, 0.3) is 5.91 Å². The highest BCUT2D eigenvalue weighted by molar-refractivity contribution is 5.92. The first-order valence-corrected chi connectivity index (χ1v) is 12.9. The minimum atomic E-state index is -1.88. The van der Waals surface area contributed by atoms with Crippen LogP contribution in [-0.4, -0.2) is 65.1 Å². The molecule has 1 aliphatic heterocycles. The minimum absolute atomic E-state index is 0.0336. The molecule has 0 radical (unpaired) electrons. The summed E-state index contributed by atoms with van der Waals surface area (Å²) in [4.78, 5) is 27.5. The van der Waals surface area contributed by atoms with Crippen LogP contribution in [0.2, 0.25) is 0 Å². The predicted molar refractivity (Wildman–Crippen MR) is 141 cm³/mol. The van der Waals surface area contributed by atoms with Crippen LogP contribution in [0.15, 0.2) is 79.3 Å². The molecule has 1 fully saturated rings. The molecule has 0 aliphatic carbocycles. The van der Waals surface area contributed by atoms with E-state index in [4.69, 9.17) is 0 Å². The average molecular weight is 532 g/mol. The van der Waals surface area contributed by atoms with Crippen molar-refractivity contribution in [3.05, 3.63) is 96.3 Å². The number of amides is 1. The van der Waals surface area contributed by atoms with E-state index in [9.17, 15) is 24.2 Å². The van der Waals surface area contributed by atoms with Crippen LogP contribution < -0.4 is 0 Å². The first-order valence-electron chi connectivity index (χ1n) is 12.9. The molecule has 202 valence electrons. The Balaban J connectivity index is 1.21. The topological polar surface area (TPSA) is 113 Å². The van der Waals surface area contributed by atoms with E-state index >= 15 is 0 Å². The van der Waals surface area contributed by atoms with Gasteiger partial charge in [-0.1, -0.05) is 25.1 Å². The number of hydrogen-bond donors (Lipinski definition) is 2. The summed E-state index contributed by atoms with van der Waals surface area (Å²) in [5.74, 6) is -1.93. The van der Waals surface area contributed by atoms with Gasteiger partial charge in [-0.25, -0.2) is 13.8 Å². The highest BCUT2D eigenvalue weighted by atomic mass is 19.1. The zero-order chi connectivity index (χ0) is 27.5. The second kappa shape index (κ2) is 11.3. The van der Waals surface area contributed by atoms with E-state index in [1.54, 1.807) is 35.3 Å². The first kappa shape index (κ1) is 26.5. The van der Waals surface area contributed by atoms with Crippen molar-refractivity contribution in [3.8, 4) is 11.4 Å². The predicted octanol–water partition coefficient (Wildman–Crippen LogP) is 3.35. The van der Waals surface area contributed by atoms with Crippen LogP contribution in [0, 0.1) is 5.82 Å². The maximum atomic E-state index is 13.6. The van der Waals surface area contributed by atoms with E-state index in [0.29, 0.717) is 30.8 Å². The molecule has 0 bridgehead atoms. The van der Waals surface area contributed by atoms with Crippen LogP contribution in [0.3, 0.4) is 0 Å². The number of halogens is 1. The number of nitrogens with zero attached hydrogens (tertiary/aromatic N) is 5. The number of carbonyl (C=O) groups is 2. The molecule has 2 aromatic heterocycles. The van der Waals surface area contributed by atoms with Crippen molar-refractivity contribution in [2.24, 2.45) is 0 Å². The lowest BCUT2D eigenvalue weighted by Crippen LogP contribution is -2.47. The lowest BCUT2D eigenvalue weighted by atomic mass is 9.92. The number of rotatable bonds is 9. The minimum Gasteiger partial charge on any atom is -0.382 e. The number of aliphatic hydroxyl groups excluding tert-OH is 2. The highest BCUT2D eigenvalue weighted by Gasteiger charge is 2.39. The molecule has 4 atom stereocenters. The molecule has 0 unspecified atom stereocenters. The molecule has 5 rings (SSSR count). The van der Waals surface area contributed by atoms with Crippen LogP contribution in [-0.2, 0) is 9.59 Å². The van der Waals surface area contributed by atoms with Crippen molar-refractivity contribution >= 4 is 11.7 Å². The number of likely N-dealkylation sites (tertiary alicyclic amines) is 1. The molecule has 3 heterocycles. The number of hydrogen-bond acceptors (Lipinski definition) is 6. The third kappa shape index (κ3) is 5.67. The van der Waals surface area contributed by atoms with Crippen molar-refractivity contribution in [1.82, 2.24) is 24.5 Å². The third-order valence-electron chi connectivity index (χ3n) is 7.18. The lowest BCUT2D eigenvalue weighted by Gasteiger charge is -2.27. The number of benzene rings is 2. The van der Waals surface area contributed by atoms with E-state index in [2.05, 4.69) is 10.2 Å². The largest absolute Gasteiger partial charge is 0.382 e. The molecule has 10 heteroatoms. The fourth-order valence-electron chi connectivity index (χ4n) is 5.01. The Bertz CT molecular complexity index is 1440. The van der Waals surface area contributed by atoms with Gasteiger partial charge < -0.3 is 15.1 Å². The summed E-state index contributed by atoms with van der Waals surface area (Å²) in [7, 11) is 0. The summed E-state index contributed by atoms with van der Waals surface area (Å²) >= 11 is 0. The normalized spacial score (nSPS) is 17.6. The summed E-state index contributed by atoms with van der Waals surface area (Å²) in [5.41, 5.74) is 2.90. The molecule has 4 aromatic rings. The SMILES string of the molecule is C[C@@H](CC(=O)[C@H](O)[C@@H](O)C(=O)N1CCC[C@@H]1c1ccn(-c2cccc(F)c2)n1)c1ccc(-n2cccn2)cc1. The summed E-state index contributed by atoms with van der Waals surface area (Å²) in [5, 5.41) is 30.0. The number of Topliss-reactive ketones (excluding diaryl/α,β-unsaturated/α-hetero) is 1. The molecule has 1 saturated heterocycles. The molecule has 1 aliphatic rings. The Kier molecular flexibility index (Phi) is 7.67. The molecule has 0 saturated carbocycles.